The van der Waals surface area contributed by atoms with Gasteiger partial charge in [-0.05, 0) is 31.0 Å². The summed E-state index contributed by atoms with van der Waals surface area (Å²) in [4.78, 5) is 39.1. The molecular formula is C23H31N5O4S. The summed E-state index contributed by atoms with van der Waals surface area (Å²) in [6, 6.07) is 6.94. The van der Waals surface area contributed by atoms with Gasteiger partial charge in [0, 0.05) is 43.0 Å². The van der Waals surface area contributed by atoms with E-state index >= 15 is 0 Å². The molecule has 2 aromatic rings. The Morgan fingerprint density at radius 2 is 1.91 bits per heavy atom. The number of ether oxygens (including phenoxy) is 1. The van der Waals surface area contributed by atoms with Crippen molar-refractivity contribution in [3.63, 3.8) is 0 Å². The molecule has 178 valence electrons. The van der Waals surface area contributed by atoms with Gasteiger partial charge in [-0.25, -0.2) is 0 Å². The molecule has 1 aliphatic heterocycles. The fourth-order valence-corrected chi connectivity index (χ4v) is 4.32. The third kappa shape index (κ3) is 6.74. The Hall–Kier alpha value is -3.01. The van der Waals surface area contributed by atoms with Crippen molar-refractivity contribution in [2.24, 2.45) is 11.3 Å². The molecule has 3 rings (SSSR count). The maximum absolute atomic E-state index is 12.6. The highest BCUT2D eigenvalue weighted by Gasteiger charge is 2.32. The molecule has 2 N–H and O–H groups in total. The number of nitrogens with zero attached hydrogens (tertiary/aromatic N) is 3. The van der Waals surface area contributed by atoms with Gasteiger partial charge in [0.1, 0.15) is 10.8 Å². The maximum Gasteiger partial charge on any atom is 0.251 e. The van der Waals surface area contributed by atoms with Crippen LogP contribution in [0.15, 0.2) is 24.3 Å². The van der Waals surface area contributed by atoms with Crippen LogP contribution in [-0.2, 0) is 16.0 Å². The van der Waals surface area contributed by atoms with E-state index in [4.69, 9.17) is 4.74 Å². The third-order valence-corrected chi connectivity index (χ3v) is 6.35. The number of rotatable bonds is 7. The second-order valence-electron chi connectivity index (χ2n) is 9.04. The van der Waals surface area contributed by atoms with E-state index < -0.39 is 5.41 Å². The van der Waals surface area contributed by atoms with E-state index in [0.29, 0.717) is 55.3 Å². The summed E-state index contributed by atoms with van der Waals surface area (Å²) >= 11 is 1.30. The number of nitrogens with one attached hydrogen (secondary N) is 2. The zero-order valence-electron chi connectivity index (χ0n) is 19.5. The van der Waals surface area contributed by atoms with Gasteiger partial charge >= 0.3 is 0 Å². The molecule has 0 radical (unpaired) electrons. The molecule has 1 fully saturated rings. The lowest BCUT2D eigenvalue weighted by molar-refractivity contribution is -0.142. The van der Waals surface area contributed by atoms with Crippen molar-refractivity contribution in [1.29, 1.82) is 0 Å². The lowest BCUT2D eigenvalue weighted by Gasteiger charge is -2.35. The van der Waals surface area contributed by atoms with Crippen LogP contribution in [-0.4, -0.2) is 59.6 Å². The average molecular weight is 474 g/mol. The number of benzene rings is 1. The van der Waals surface area contributed by atoms with Crippen LogP contribution in [0.3, 0.4) is 0 Å². The number of anilines is 1. The predicted molar refractivity (Wildman–Crippen MR) is 126 cm³/mol. The summed E-state index contributed by atoms with van der Waals surface area (Å²) in [7, 11) is 1.56. The summed E-state index contributed by atoms with van der Waals surface area (Å²) in [5.74, 6) is 0.311. The number of amides is 3. The normalized spacial score (nSPS) is 14.6. The molecule has 1 aromatic carbocycles. The topological polar surface area (TPSA) is 114 Å². The number of carbonyl (C=O) groups is 3. The summed E-state index contributed by atoms with van der Waals surface area (Å²) in [6.07, 6.45) is 1.78. The summed E-state index contributed by atoms with van der Waals surface area (Å²) in [5.41, 5.74) is 0.112. The molecule has 0 unspecified atom stereocenters. The molecule has 0 bridgehead atoms. The molecule has 10 heteroatoms. The van der Waals surface area contributed by atoms with Gasteiger partial charge in [-0.1, -0.05) is 38.2 Å². The Morgan fingerprint density at radius 3 is 2.58 bits per heavy atom. The van der Waals surface area contributed by atoms with Crippen molar-refractivity contribution in [2.45, 2.75) is 40.0 Å². The van der Waals surface area contributed by atoms with Gasteiger partial charge in [-0.3, -0.25) is 14.4 Å². The zero-order valence-corrected chi connectivity index (χ0v) is 20.3. The second-order valence-corrected chi connectivity index (χ2v) is 10.1. The number of hydrogen-bond donors (Lipinski definition) is 2. The van der Waals surface area contributed by atoms with E-state index in [1.165, 1.54) is 11.3 Å². The Labute approximate surface area is 197 Å². The molecule has 0 atom stereocenters. The van der Waals surface area contributed by atoms with Crippen molar-refractivity contribution in [3.8, 4) is 5.75 Å². The molecule has 0 spiro atoms. The Balaban J connectivity index is 1.43. The minimum Gasteiger partial charge on any atom is -0.497 e. The SMILES string of the molecule is COc1cccc(C(=O)NCCc2nnc(NC(=O)C3CCN(C(=O)C(C)(C)C)CC3)s2)c1. The first-order valence-electron chi connectivity index (χ1n) is 11.0. The van der Waals surface area contributed by atoms with Crippen LogP contribution in [0.2, 0.25) is 0 Å². The minimum atomic E-state index is -0.411. The highest BCUT2D eigenvalue weighted by molar-refractivity contribution is 7.15. The van der Waals surface area contributed by atoms with E-state index in [9.17, 15) is 14.4 Å². The molecule has 1 aliphatic rings. The molecule has 33 heavy (non-hydrogen) atoms. The number of methoxy groups -OCH3 is 1. The van der Waals surface area contributed by atoms with Crippen LogP contribution in [0.25, 0.3) is 0 Å². The first kappa shape index (κ1) is 24.6. The molecule has 2 heterocycles. The van der Waals surface area contributed by atoms with Gasteiger partial charge < -0.3 is 20.3 Å². The van der Waals surface area contributed by atoms with Crippen molar-refractivity contribution < 1.29 is 19.1 Å². The largest absolute Gasteiger partial charge is 0.497 e. The van der Waals surface area contributed by atoms with Gasteiger partial charge in [-0.2, -0.15) is 0 Å². The van der Waals surface area contributed by atoms with Gasteiger partial charge in [0.15, 0.2) is 0 Å². The minimum absolute atomic E-state index is 0.0908. The molecule has 1 saturated heterocycles. The van der Waals surface area contributed by atoms with E-state index in [1.54, 1.807) is 31.4 Å². The Bertz CT molecular complexity index is 993. The predicted octanol–water partition coefficient (Wildman–Crippen LogP) is 2.74. The lowest BCUT2D eigenvalue weighted by atomic mass is 9.91. The molecular weight excluding hydrogens is 442 g/mol. The smallest absolute Gasteiger partial charge is 0.251 e. The van der Waals surface area contributed by atoms with Crippen LogP contribution in [0.1, 0.15) is 49.0 Å². The average Bonchev–Trinajstić information content (AvgIpc) is 3.25. The fourth-order valence-electron chi connectivity index (χ4n) is 3.58. The van der Waals surface area contributed by atoms with Crippen LogP contribution in [0.4, 0.5) is 5.13 Å². The van der Waals surface area contributed by atoms with Crippen LogP contribution in [0.5, 0.6) is 5.75 Å². The highest BCUT2D eigenvalue weighted by atomic mass is 32.1. The van der Waals surface area contributed by atoms with E-state index in [-0.39, 0.29) is 23.6 Å². The van der Waals surface area contributed by atoms with Gasteiger partial charge in [0.2, 0.25) is 16.9 Å². The molecule has 3 amide bonds. The second kappa shape index (κ2) is 10.7. The van der Waals surface area contributed by atoms with Crippen LogP contribution in [0, 0.1) is 11.3 Å². The first-order valence-corrected chi connectivity index (χ1v) is 11.8. The van der Waals surface area contributed by atoms with Crippen LogP contribution < -0.4 is 15.4 Å². The molecule has 0 saturated carbocycles. The molecule has 1 aromatic heterocycles. The number of hydrogen-bond acceptors (Lipinski definition) is 7. The fraction of sp³-hybridized carbons (Fsp3) is 0.522. The van der Waals surface area contributed by atoms with Gasteiger partial charge in [-0.15, -0.1) is 10.2 Å². The van der Waals surface area contributed by atoms with Crippen molar-refractivity contribution in [3.05, 3.63) is 34.8 Å². The summed E-state index contributed by atoms with van der Waals surface area (Å²) < 4.78 is 5.14. The molecule has 9 nitrogen and oxygen atoms in total. The van der Waals surface area contributed by atoms with Crippen molar-refractivity contribution in [1.82, 2.24) is 20.4 Å². The standard InChI is InChI=1S/C23H31N5O4S/c1-23(2,3)21(31)28-12-9-15(10-13-28)20(30)25-22-27-26-18(33-22)8-11-24-19(29)16-6-5-7-17(14-16)32-4/h5-7,14-15H,8-13H2,1-4H3,(H,24,29)(H,25,27,30). The van der Waals surface area contributed by atoms with Crippen molar-refractivity contribution in [2.75, 3.05) is 32.1 Å². The Morgan fingerprint density at radius 1 is 1.18 bits per heavy atom. The Kier molecular flexibility index (Phi) is 8.01. The monoisotopic (exact) mass is 473 g/mol. The summed E-state index contributed by atoms with van der Waals surface area (Å²) in [5, 5.41) is 15.0. The van der Waals surface area contributed by atoms with E-state index in [2.05, 4.69) is 20.8 Å². The van der Waals surface area contributed by atoms with Gasteiger partial charge in [0.25, 0.3) is 5.91 Å². The summed E-state index contributed by atoms with van der Waals surface area (Å²) in [6.45, 7) is 7.30. The number of aromatic nitrogens is 2. The zero-order chi connectivity index (χ0) is 24.0. The van der Waals surface area contributed by atoms with Crippen LogP contribution >= 0.6 is 11.3 Å². The molecule has 0 aliphatic carbocycles. The van der Waals surface area contributed by atoms with E-state index in [0.717, 1.165) is 5.01 Å². The first-order chi connectivity index (χ1) is 15.7. The number of likely N-dealkylation sites (tertiary alicyclic amines) is 1. The lowest BCUT2D eigenvalue weighted by Crippen LogP contribution is -2.45. The van der Waals surface area contributed by atoms with Crippen molar-refractivity contribution >= 4 is 34.2 Å². The van der Waals surface area contributed by atoms with Gasteiger partial charge in [0.05, 0.1) is 7.11 Å². The maximum atomic E-state index is 12.6. The van der Waals surface area contributed by atoms with E-state index in [1.807, 2.05) is 25.7 Å². The quantitative estimate of drug-likeness (QED) is 0.639. The third-order valence-electron chi connectivity index (χ3n) is 5.45. The highest BCUT2D eigenvalue weighted by Crippen LogP contribution is 2.25. The number of carbonyl (C=O) groups excluding carboxylic acids is 3. The number of piperidine rings is 1.